The Hall–Kier alpha value is -1.84. The van der Waals surface area contributed by atoms with Crippen LogP contribution in [0.1, 0.15) is 58.4 Å². The van der Waals surface area contributed by atoms with Gasteiger partial charge in [-0.3, -0.25) is 9.59 Å². The molecule has 0 radical (unpaired) electrons. The number of carbonyl (C=O) groups is 2. The Kier molecular flexibility index (Phi) is 5.94. The van der Waals surface area contributed by atoms with Crippen molar-refractivity contribution in [3.05, 3.63) is 29.8 Å². The summed E-state index contributed by atoms with van der Waals surface area (Å²) in [5.74, 6) is -0.535. The highest BCUT2D eigenvalue weighted by atomic mass is 16.4. The molecule has 0 fully saturated rings. The zero-order valence-electron chi connectivity index (χ0n) is 13.3. The van der Waals surface area contributed by atoms with E-state index in [1.165, 1.54) is 5.56 Å². The fourth-order valence-electron chi connectivity index (χ4n) is 2.24. The molecule has 1 amide bonds. The largest absolute Gasteiger partial charge is 0.481 e. The lowest BCUT2D eigenvalue weighted by atomic mass is 9.85. The first kappa shape index (κ1) is 17.2. The Balaban J connectivity index is 2.61. The van der Waals surface area contributed by atoms with E-state index in [1.54, 1.807) is 13.8 Å². The second-order valence-corrected chi connectivity index (χ2v) is 6.39. The molecule has 1 aromatic rings. The Bertz CT molecular complexity index is 491. The third kappa shape index (κ3) is 5.98. The van der Waals surface area contributed by atoms with Crippen molar-refractivity contribution in [3.63, 3.8) is 0 Å². The van der Waals surface area contributed by atoms with Crippen molar-refractivity contribution in [1.82, 2.24) is 0 Å². The highest BCUT2D eigenvalue weighted by Crippen LogP contribution is 2.26. The minimum atomic E-state index is -0.884. The molecule has 0 aromatic heterocycles. The van der Waals surface area contributed by atoms with Gasteiger partial charge in [-0.15, -0.1) is 0 Å². The van der Waals surface area contributed by atoms with E-state index >= 15 is 0 Å². The Morgan fingerprint density at radius 1 is 1.19 bits per heavy atom. The van der Waals surface area contributed by atoms with Gasteiger partial charge in [-0.05, 0) is 35.4 Å². The van der Waals surface area contributed by atoms with Gasteiger partial charge in [-0.2, -0.15) is 0 Å². The molecular weight excluding hydrogens is 266 g/mol. The van der Waals surface area contributed by atoms with E-state index in [4.69, 9.17) is 5.11 Å². The number of hydrogen-bond acceptors (Lipinski definition) is 2. The monoisotopic (exact) mass is 291 g/mol. The van der Waals surface area contributed by atoms with Crippen molar-refractivity contribution in [2.45, 2.75) is 52.9 Å². The third-order valence-corrected chi connectivity index (χ3v) is 3.64. The molecule has 2 N–H and O–H groups in total. The number of amides is 1. The van der Waals surface area contributed by atoms with Crippen LogP contribution in [0.2, 0.25) is 0 Å². The molecule has 0 saturated heterocycles. The number of aliphatic carboxylic acids is 1. The number of carbonyl (C=O) groups excluding carboxylic acids is 1. The molecule has 1 rings (SSSR count). The molecule has 0 aliphatic carbocycles. The number of nitrogens with one attached hydrogen (secondary N) is 1. The third-order valence-electron chi connectivity index (χ3n) is 3.64. The summed E-state index contributed by atoms with van der Waals surface area (Å²) in [7, 11) is 0. The minimum Gasteiger partial charge on any atom is -0.481 e. The molecule has 0 saturated carbocycles. The first-order valence-corrected chi connectivity index (χ1v) is 7.35. The Morgan fingerprint density at radius 2 is 1.76 bits per heavy atom. The topological polar surface area (TPSA) is 66.4 Å². The van der Waals surface area contributed by atoms with Crippen molar-refractivity contribution < 1.29 is 14.7 Å². The Labute approximate surface area is 126 Å². The number of benzene rings is 1. The first-order valence-electron chi connectivity index (χ1n) is 7.35. The summed E-state index contributed by atoms with van der Waals surface area (Å²) in [5, 5.41) is 11.6. The van der Waals surface area contributed by atoms with Gasteiger partial charge in [0.1, 0.15) is 0 Å². The highest BCUT2D eigenvalue weighted by Gasteiger charge is 2.25. The van der Waals surface area contributed by atoms with Crippen LogP contribution in [0, 0.1) is 5.41 Å². The summed E-state index contributed by atoms with van der Waals surface area (Å²) in [6.45, 7) is 7.88. The van der Waals surface area contributed by atoms with Crippen LogP contribution >= 0.6 is 0 Å². The van der Waals surface area contributed by atoms with Crippen LogP contribution < -0.4 is 5.32 Å². The molecule has 21 heavy (non-hydrogen) atoms. The van der Waals surface area contributed by atoms with E-state index in [9.17, 15) is 9.59 Å². The molecule has 1 unspecified atom stereocenters. The van der Waals surface area contributed by atoms with E-state index in [-0.39, 0.29) is 18.7 Å². The van der Waals surface area contributed by atoms with Crippen molar-refractivity contribution in [1.29, 1.82) is 0 Å². The minimum absolute atomic E-state index is 0.0205. The SMILES string of the molecule is CCC(C)c1ccc(NC(=O)CC(C)(C)CC(=O)O)cc1. The van der Waals surface area contributed by atoms with Crippen LogP contribution in [0.5, 0.6) is 0 Å². The van der Waals surface area contributed by atoms with E-state index < -0.39 is 11.4 Å². The fraction of sp³-hybridized carbons (Fsp3) is 0.529. The summed E-state index contributed by atoms with van der Waals surface area (Å²) in [4.78, 5) is 22.7. The zero-order valence-corrected chi connectivity index (χ0v) is 13.3. The molecule has 1 aromatic carbocycles. The maximum absolute atomic E-state index is 12.0. The van der Waals surface area contributed by atoms with Crippen LogP contribution in [0.25, 0.3) is 0 Å². The first-order chi connectivity index (χ1) is 9.73. The molecular formula is C17H25NO3. The van der Waals surface area contributed by atoms with Gasteiger partial charge in [-0.25, -0.2) is 0 Å². The van der Waals surface area contributed by atoms with Crippen LogP contribution in [0.3, 0.4) is 0 Å². The molecule has 116 valence electrons. The lowest BCUT2D eigenvalue weighted by molar-refractivity contribution is -0.139. The molecule has 0 heterocycles. The van der Waals surface area contributed by atoms with Crippen molar-refractivity contribution in [2.75, 3.05) is 5.32 Å². The number of rotatable bonds is 7. The van der Waals surface area contributed by atoms with Gasteiger partial charge in [0.15, 0.2) is 0 Å². The van der Waals surface area contributed by atoms with Crippen LogP contribution in [-0.4, -0.2) is 17.0 Å². The number of hydrogen-bond donors (Lipinski definition) is 2. The molecule has 0 bridgehead atoms. The van der Waals surface area contributed by atoms with Gasteiger partial charge in [-0.1, -0.05) is 39.8 Å². The lowest BCUT2D eigenvalue weighted by Gasteiger charge is -2.21. The van der Waals surface area contributed by atoms with E-state index in [0.717, 1.165) is 12.1 Å². The van der Waals surface area contributed by atoms with Gasteiger partial charge in [0, 0.05) is 12.1 Å². The van der Waals surface area contributed by atoms with E-state index in [2.05, 4.69) is 19.2 Å². The molecule has 0 aliphatic rings. The normalized spacial score (nSPS) is 12.8. The summed E-state index contributed by atoms with van der Waals surface area (Å²) in [5.41, 5.74) is 1.45. The molecule has 4 heteroatoms. The smallest absolute Gasteiger partial charge is 0.303 e. The predicted molar refractivity (Wildman–Crippen MR) is 84.4 cm³/mol. The quantitative estimate of drug-likeness (QED) is 0.797. The van der Waals surface area contributed by atoms with Gasteiger partial charge in [0.05, 0.1) is 6.42 Å². The van der Waals surface area contributed by atoms with Crippen molar-refractivity contribution in [3.8, 4) is 0 Å². The maximum Gasteiger partial charge on any atom is 0.303 e. The average molecular weight is 291 g/mol. The predicted octanol–water partition coefficient (Wildman–Crippen LogP) is 4.03. The maximum atomic E-state index is 12.0. The Morgan fingerprint density at radius 3 is 2.24 bits per heavy atom. The summed E-state index contributed by atoms with van der Waals surface area (Å²) >= 11 is 0. The average Bonchev–Trinajstić information content (AvgIpc) is 2.36. The second-order valence-electron chi connectivity index (χ2n) is 6.39. The van der Waals surface area contributed by atoms with Crippen molar-refractivity contribution in [2.24, 2.45) is 5.41 Å². The number of carboxylic acid groups (broad SMARTS) is 1. The van der Waals surface area contributed by atoms with Gasteiger partial charge < -0.3 is 10.4 Å². The second kappa shape index (κ2) is 7.25. The van der Waals surface area contributed by atoms with E-state index in [1.807, 2.05) is 24.3 Å². The summed E-state index contributed by atoms with van der Waals surface area (Å²) < 4.78 is 0. The fourth-order valence-corrected chi connectivity index (χ4v) is 2.24. The summed E-state index contributed by atoms with van der Waals surface area (Å²) in [6.07, 6.45) is 1.24. The number of anilines is 1. The zero-order chi connectivity index (χ0) is 16.0. The van der Waals surface area contributed by atoms with E-state index in [0.29, 0.717) is 5.92 Å². The van der Waals surface area contributed by atoms with Gasteiger partial charge in [0.25, 0.3) is 0 Å². The lowest BCUT2D eigenvalue weighted by Crippen LogP contribution is -2.24. The molecule has 0 aliphatic heterocycles. The number of carboxylic acids is 1. The van der Waals surface area contributed by atoms with Crippen LogP contribution in [-0.2, 0) is 9.59 Å². The summed E-state index contributed by atoms with van der Waals surface area (Å²) in [6, 6.07) is 7.82. The molecule has 1 atom stereocenters. The van der Waals surface area contributed by atoms with Crippen molar-refractivity contribution >= 4 is 17.6 Å². The van der Waals surface area contributed by atoms with Gasteiger partial charge >= 0.3 is 5.97 Å². The molecule has 0 spiro atoms. The standard InChI is InChI=1S/C17H25NO3/c1-5-12(2)13-6-8-14(9-7-13)18-15(19)10-17(3,4)11-16(20)21/h6-9,12H,5,10-11H2,1-4H3,(H,18,19)(H,20,21). The van der Waals surface area contributed by atoms with Crippen LogP contribution in [0.4, 0.5) is 5.69 Å². The van der Waals surface area contributed by atoms with Gasteiger partial charge in [0.2, 0.25) is 5.91 Å². The molecule has 4 nitrogen and oxygen atoms in total. The highest BCUT2D eigenvalue weighted by molar-refractivity contribution is 5.91. The van der Waals surface area contributed by atoms with Crippen LogP contribution in [0.15, 0.2) is 24.3 Å².